The van der Waals surface area contributed by atoms with Crippen molar-refractivity contribution in [2.24, 2.45) is 0 Å². The van der Waals surface area contributed by atoms with Gasteiger partial charge in [-0.1, -0.05) is 52.8 Å². The molecular formula is C21H27NO. The van der Waals surface area contributed by atoms with Crippen molar-refractivity contribution in [3.05, 3.63) is 64.7 Å². The predicted octanol–water partition coefficient (Wildman–Crippen LogP) is 5.67. The van der Waals surface area contributed by atoms with Crippen molar-refractivity contribution >= 4 is 11.6 Å². The monoisotopic (exact) mass is 309 g/mol. The molecule has 1 amide bonds. The molecule has 0 spiro atoms. The molecule has 0 bridgehead atoms. The summed E-state index contributed by atoms with van der Waals surface area (Å²) in [5.41, 5.74) is 5.39. The molecular weight excluding hydrogens is 282 g/mol. The van der Waals surface area contributed by atoms with E-state index in [1.54, 1.807) is 0 Å². The van der Waals surface area contributed by atoms with Gasteiger partial charge in [0.2, 0.25) is 0 Å². The number of hydrogen-bond acceptors (Lipinski definition) is 1. The second-order valence-corrected chi connectivity index (χ2v) is 7.51. The van der Waals surface area contributed by atoms with Crippen molar-refractivity contribution < 1.29 is 4.79 Å². The Bertz CT molecular complexity index is 691. The van der Waals surface area contributed by atoms with Crippen LogP contribution in [0.15, 0.2) is 42.5 Å². The quantitative estimate of drug-likeness (QED) is 0.777. The van der Waals surface area contributed by atoms with E-state index in [-0.39, 0.29) is 11.3 Å². The van der Waals surface area contributed by atoms with Gasteiger partial charge in [-0.05, 0) is 59.2 Å². The zero-order chi connectivity index (χ0) is 17.2. The number of carbonyl (C=O) groups excluding carboxylic acids is 1. The van der Waals surface area contributed by atoms with Crippen LogP contribution in [0, 0.1) is 6.92 Å². The van der Waals surface area contributed by atoms with Crippen molar-refractivity contribution in [3.63, 3.8) is 0 Å². The lowest BCUT2D eigenvalue weighted by molar-refractivity contribution is 0.102. The zero-order valence-electron chi connectivity index (χ0n) is 15.0. The van der Waals surface area contributed by atoms with E-state index in [1.807, 2.05) is 30.3 Å². The molecule has 0 fully saturated rings. The lowest BCUT2D eigenvalue weighted by atomic mass is 9.86. The highest BCUT2D eigenvalue weighted by molar-refractivity contribution is 6.04. The van der Waals surface area contributed by atoms with Crippen molar-refractivity contribution in [1.82, 2.24) is 0 Å². The third kappa shape index (κ3) is 4.22. The molecule has 0 aromatic heterocycles. The van der Waals surface area contributed by atoms with Crippen LogP contribution in [-0.2, 0) is 5.41 Å². The van der Waals surface area contributed by atoms with E-state index in [0.717, 1.165) is 5.69 Å². The standard InChI is InChI=1S/C21H27NO/c1-14(2)19-13-18(12-7-15(19)3)22-20(23)16-8-10-17(11-9-16)21(4,5)6/h7-14H,1-6H3,(H,22,23). The van der Waals surface area contributed by atoms with E-state index in [0.29, 0.717) is 11.5 Å². The number of amides is 1. The lowest BCUT2D eigenvalue weighted by Crippen LogP contribution is -2.14. The van der Waals surface area contributed by atoms with Gasteiger partial charge in [-0.15, -0.1) is 0 Å². The molecule has 0 aliphatic rings. The highest BCUT2D eigenvalue weighted by Gasteiger charge is 2.14. The van der Waals surface area contributed by atoms with E-state index >= 15 is 0 Å². The average Bonchev–Trinajstić information content (AvgIpc) is 2.48. The third-order valence-electron chi connectivity index (χ3n) is 4.17. The van der Waals surface area contributed by atoms with Crippen LogP contribution in [0.4, 0.5) is 5.69 Å². The van der Waals surface area contributed by atoms with Crippen molar-refractivity contribution in [2.45, 2.75) is 52.9 Å². The summed E-state index contributed by atoms with van der Waals surface area (Å²) < 4.78 is 0. The van der Waals surface area contributed by atoms with Crippen LogP contribution >= 0.6 is 0 Å². The first-order valence-corrected chi connectivity index (χ1v) is 8.21. The molecule has 2 nitrogen and oxygen atoms in total. The maximum atomic E-state index is 12.4. The summed E-state index contributed by atoms with van der Waals surface area (Å²) in [4.78, 5) is 12.4. The molecule has 0 unspecified atom stereocenters. The second-order valence-electron chi connectivity index (χ2n) is 7.51. The second kappa shape index (κ2) is 6.57. The fourth-order valence-corrected chi connectivity index (χ4v) is 2.67. The van der Waals surface area contributed by atoms with E-state index < -0.39 is 0 Å². The molecule has 0 aliphatic carbocycles. The molecule has 0 aliphatic heterocycles. The van der Waals surface area contributed by atoms with Gasteiger partial charge in [0.1, 0.15) is 0 Å². The highest BCUT2D eigenvalue weighted by atomic mass is 16.1. The van der Waals surface area contributed by atoms with Gasteiger partial charge in [-0.2, -0.15) is 0 Å². The first kappa shape index (κ1) is 17.3. The first-order valence-electron chi connectivity index (χ1n) is 8.21. The Kier molecular flexibility index (Phi) is 4.93. The molecule has 2 aromatic rings. The largest absolute Gasteiger partial charge is 0.322 e. The number of anilines is 1. The molecule has 2 aromatic carbocycles. The van der Waals surface area contributed by atoms with E-state index in [2.05, 4.69) is 59.0 Å². The van der Waals surface area contributed by atoms with Crippen LogP contribution in [0.3, 0.4) is 0 Å². The van der Waals surface area contributed by atoms with Gasteiger partial charge in [0, 0.05) is 11.3 Å². The summed E-state index contributed by atoms with van der Waals surface area (Å²) in [6, 6.07) is 14.0. The van der Waals surface area contributed by atoms with Gasteiger partial charge in [0.05, 0.1) is 0 Å². The van der Waals surface area contributed by atoms with Gasteiger partial charge in [-0.25, -0.2) is 0 Å². The molecule has 2 rings (SSSR count). The SMILES string of the molecule is Cc1ccc(NC(=O)c2ccc(C(C)(C)C)cc2)cc1C(C)C. The number of carbonyl (C=O) groups is 1. The fraction of sp³-hybridized carbons (Fsp3) is 0.381. The molecule has 0 saturated carbocycles. The third-order valence-corrected chi connectivity index (χ3v) is 4.17. The number of rotatable bonds is 3. The van der Waals surface area contributed by atoms with Gasteiger partial charge >= 0.3 is 0 Å². The number of hydrogen-bond donors (Lipinski definition) is 1. The van der Waals surface area contributed by atoms with E-state index in [1.165, 1.54) is 16.7 Å². The summed E-state index contributed by atoms with van der Waals surface area (Å²) >= 11 is 0. The summed E-state index contributed by atoms with van der Waals surface area (Å²) in [7, 11) is 0. The Hall–Kier alpha value is -2.09. The van der Waals surface area contributed by atoms with Gasteiger partial charge in [-0.3, -0.25) is 4.79 Å². The summed E-state index contributed by atoms with van der Waals surface area (Å²) in [6.45, 7) is 12.9. The minimum Gasteiger partial charge on any atom is -0.322 e. The molecule has 0 atom stereocenters. The van der Waals surface area contributed by atoms with Crippen LogP contribution in [0.2, 0.25) is 0 Å². The Labute approximate surface area is 139 Å². The predicted molar refractivity (Wildman–Crippen MR) is 98.4 cm³/mol. The fourth-order valence-electron chi connectivity index (χ4n) is 2.67. The topological polar surface area (TPSA) is 29.1 Å². The molecule has 2 heteroatoms. The normalized spacial score (nSPS) is 11.6. The Morgan fingerprint density at radius 3 is 2.13 bits per heavy atom. The number of benzene rings is 2. The number of nitrogens with one attached hydrogen (secondary N) is 1. The maximum Gasteiger partial charge on any atom is 0.255 e. The summed E-state index contributed by atoms with van der Waals surface area (Å²) in [6.07, 6.45) is 0. The molecule has 0 radical (unpaired) electrons. The van der Waals surface area contributed by atoms with Crippen molar-refractivity contribution in [2.75, 3.05) is 5.32 Å². The Balaban J connectivity index is 2.18. The van der Waals surface area contributed by atoms with Gasteiger partial charge in [0.15, 0.2) is 0 Å². The minimum atomic E-state index is -0.0657. The number of aryl methyl sites for hydroxylation is 1. The van der Waals surface area contributed by atoms with E-state index in [4.69, 9.17) is 0 Å². The maximum absolute atomic E-state index is 12.4. The first-order chi connectivity index (χ1) is 10.7. The summed E-state index contributed by atoms with van der Waals surface area (Å²) in [5.74, 6) is 0.377. The van der Waals surface area contributed by atoms with Gasteiger partial charge in [0.25, 0.3) is 5.91 Å². The Morgan fingerprint density at radius 2 is 1.61 bits per heavy atom. The van der Waals surface area contributed by atoms with Crippen LogP contribution in [0.1, 0.15) is 67.6 Å². The molecule has 0 heterocycles. The van der Waals surface area contributed by atoms with Crippen LogP contribution in [0.25, 0.3) is 0 Å². The zero-order valence-corrected chi connectivity index (χ0v) is 15.0. The van der Waals surface area contributed by atoms with E-state index in [9.17, 15) is 4.79 Å². The highest BCUT2D eigenvalue weighted by Crippen LogP contribution is 2.24. The minimum absolute atomic E-state index is 0.0657. The summed E-state index contributed by atoms with van der Waals surface area (Å²) in [5, 5.41) is 3.00. The van der Waals surface area contributed by atoms with Crippen molar-refractivity contribution in [1.29, 1.82) is 0 Å². The lowest BCUT2D eigenvalue weighted by Gasteiger charge is -2.19. The van der Waals surface area contributed by atoms with Crippen LogP contribution in [-0.4, -0.2) is 5.91 Å². The Morgan fingerprint density at radius 1 is 1.00 bits per heavy atom. The van der Waals surface area contributed by atoms with Crippen LogP contribution in [0.5, 0.6) is 0 Å². The average molecular weight is 309 g/mol. The molecule has 23 heavy (non-hydrogen) atoms. The van der Waals surface area contributed by atoms with Gasteiger partial charge < -0.3 is 5.32 Å². The smallest absolute Gasteiger partial charge is 0.255 e. The van der Waals surface area contributed by atoms with Crippen LogP contribution < -0.4 is 5.32 Å². The molecule has 122 valence electrons. The van der Waals surface area contributed by atoms with Crippen molar-refractivity contribution in [3.8, 4) is 0 Å². The molecule has 1 N–H and O–H groups in total. The molecule has 0 saturated heterocycles.